The van der Waals surface area contributed by atoms with E-state index in [0.717, 1.165) is 65.0 Å². The fourth-order valence-corrected chi connectivity index (χ4v) is 4.47. The van der Waals surface area contributed by atoms with Gasteiger partial charge in [0.1, 0.15) is 0 Å². The summed E-state index contributed by atoms with van der Waals surface area (Å²) in [7, 11) is 0. The van der Waals surface area contributed by atoms with E-state index in [4.69, 9.17) is 0 Å². The molecule has 0 aromatic heterocycles. The quantitative estimate of drug-likeness (QED) is 0.853. The molecule has 0 aromatic rings. The molecule has 2 atom stereocenters. The Labute approximate surface area is 146 Å². The molecule has 24 heavy (non-hydrogen) atoms. The fourth-order valence-electron chi connectivity index (χ4n) is 4.47. The zero-order valence-electron chi connectivity index (χ0n) is 15.1. The molecule has 3 fully saturated rings. The van der Waals surface area contributed by atoms with Gasteiger partial charge < -0.3 is 15.1 Å². The smallest absolute Gasteiger partial charge is 0.225 e. The molecule has 3 aliphatic heterocycles. The van der Waals surface area contributed by atoms with Gasteiger partial charge in [0.15, 0.2) is 0 Å². The molecular weight excluding hydrogens is 302 g/mol. The Bertz CT molecular complexity index is 440. The van der Waals surface area contributed by atoms with Crippen molar-refractivity contribution >= 4 is 11.8 Å². The molecule has 136 valence electrons. The van der Waals surface area contributed by atoms with E-state index in [2.05, 4.69) is 17.1 Å². The summed E-state index contributed by atoms with van der Waals surface area (Å²) in [4.78, 5) is 29.1. The van der Waals surface area contributed by atoms with E-state index in [1.54, 1.807) is 0 Å². The first-order valence-corrected chi connectivity index (χ1v) is 9.90. The van der Waals surface area contributed by atoms with Crippen LogP contribution in [0.2, 0.25) is 0 Å². The SMILES string of the molecule is CC1CCCN(C(=O)C2CCN(C(=O)CCC3CCNC3)CC2)C1. The van der Waals surface area contributed by atoms with E-state index < -0.39 is 0 Å². The second kappa shape index (κ2) is 8.32. The number of hydrogen-bond donors (Lipinski definition) is 1. The number of nitrogens with zero attached hydrogens (tertiary/aromatic N) is 2. The van der Waals surface area contributed by atoms with Crippen molar-refractivity contribution in [3.05, 3.63) is 0 Å². The van der Waals surface area contributed by atoms with E-state index in [0.29, 0.717) is 30.1 Å². The van der Waals surface area contributed by atoms with Gasteiger partial charge in [0.2, 0.25) is 11.8 Å². The van der Waals surface area contributed by atoms with Crippen LogP contribution in [0.15, 0.2) is 0 Å². The number of rotatable bonds is 4. The molecule has 0 aromatic carbocycles. The highest BCUT2D eigenvalue weighted by Gasteiger charge is 2.31. The van der Waals surface area contributed by atoms with E-state index in [1.165, 1.54) is 12.8 Å². The van der Waals surface area contributed by atoms with Crippen LogP contribution in [0.4, 0.5) is 0 Å². The molecule has 5 nitrogen and oxygen atoms in total. The molecule has 3 aliphatic rings. The van der Waals surface area contributed by atoms with E-state index in [-0.39, 0.29) is 5.92 Å². The van der Waals surface area contributed by atoms with Gasteiger partial charge in [-0.25, -0.2) is 0 Å². The Morgan fingerprint density at radius 2 is 1.83 bits per heavy atom. The number of hydrogen-bond acceptors (Lipinski definition) is 3. The van der Waals surface area contributed by atoms with Crippen LogP contribution >= 0.6 is 0 Å². The summed E-state index contributed by atoms with van der Waals surface area (Å²) >= 11 is 0. The van der Waals surface area contributed by atoms with Crippen LogP contribution < -0.4 is 5.32 Å². The molecule has 0 radical (unpaired) electrons. The van der Waals surface area contributed by atoms with Crippen LogP contribution in [0.1, 0.15) is 51.9 Å². The lowest BCUT2D eigenvalue weighted by molar-refractivity contribution is -0.142. The summed E-state index contributed by atoms with van der Waals surface area (Å²) in [5.41, 5.74) is 0. The van der Waals surface area contributed by atoms with Gasteiger partial charge in [0.25, 0.3) is 0 Å². The van der Waals surface area contributed by atoms with Crippen molar-refractivity contribution in [2.75, 3.05) is 39.3 Å². The maximum Gasteiger partial charge on any atom is 0.225 e. The summed E-state index contributed by atoms with van der Waals surface area (Å²) in [5.74, 6) is 2.08. The van der Waals surface area contributed by atoms with Gasteiger partial charge in [0, 0.05) is 38.5 Å². The number of nitrogens with one attached hydrogen (secondary N) is 1. The van der Waals surface area contributed by atoms with E-state index in [9.17, 15) is 9.59 Å². The standard InChI is InChI=1S/C19H33N3O2/c1-15-3-2-10-22(14-15)19(24)17-7-11-21(12-8-17)18(23)5-4-16-6-9-20-13-16/h15-17,20H,2-14H2,1H3. The molecule has 2 unspecified atom stereocenters. The first-order valence-electron chi connectivity index (χ1n) is 9.90. The predicted molar refractivity (Wildman–Crippen MR) is 94.5 cm³/mol. The number of likely N-dealkylation sites (tertiary alicyclic amines) is 2. The Balaban J connectivity index is 1.39. The molecule has 0 spiro atoms. The van der Waals surface area contributed by atoms with Crippen LogP contribution in [-0.4, -0.2) is 60.9 Å². The lowest BCUT2D eigenvalue weighted by Gasteiger charge is -2.37. The Kier molecular flexibility index (Phi) is 6.14. The van der Waals surface area contributed by atoms with Crippen molar-refractivity contribution in [1.29, 1.82) is 0 Å². The van der Waals surface area contributed by atoms with Crippen LogP contribution in [-0.2, 0) is 9.59 Å². The Morgan fingerprint density at radius 1 is 1.04 bits per heavy atom. The summed E-state index contributed by atoms with van der Waals surface area (Å²) < 4.78 is 0. The summed E-state index contributed by atoms with van der Waals surface area (Å²) in [6.07, 6.45) is 6.97. The third kappa shape index (κ3) is 4.50. The normalized spacial score (nSPS) is 29.0. The van der Waals surface area contributed by atoms with Gasteiger partial charge in [-0.05, 0) is 63.5 Å². The van der Waals surface area contributed by atoms with Crippen LogP contribution in [0.5, 0.6) is 0 Å². The molecule has 0 aliphatic carbocycles. The lowest BCUT2D eigenvalue weighted by Crippen LogP contribution is -2.47. The first kappa shape index (κ1) is 17.7. The third-order valence-electron chi connectivity index (χ3n) is 6.09. The van der Waals surface area contributed by atoms with Gasteiger partial charge >= 0.3 is 0 Å². The van der Waals surface area contributed by atoms with Crippen molar-refractivity contribution in [3.8, 4) is 0 Å². The zero-order chi connectivity index (χ0) is 16.9. The highest BCUT2D eigenvalue weighted by atomic mass is 16.2. The number of amides is 2. The minimum absolute atomic E-state index is 0.137. The highest BCUT2D eigenvalue weighted by Crippen LogP contribution is 2.24. The average molecular weight is 335 g/mol. The molecule has 5 heteroatoms. The Hall–Kier alpha value is -1.10. The molecule has 1 N–H and O–H groups in total. The molecule has 2 amide bonds. The van der Waals surface area contributed by atoms with Crippen molar-refractivity contribution in [2.24, 2.45) is 17.8 Å². The van der Waals surface area contributed by atoms with Crippen LogP contribution in [0.3, 0.4) is 0 Å². The average Bonchev–Trinajstić information content (AvgIpc) is 3.13. The fraction of sp³-hybridized carbons (Fsp3) is 0.895. The molecule has 0 bridgehead atoms. The molecular formula is C19H33N3O2. The second-order valence-corrected chi connectivity index (χ2v) is 8.08. The summed E-state index contributed by atoms with van der Waals surface area (Å²) in [6.45, 7) is 7.79. The summed E-state index contributed by atoms with van der Waals surface area (Å²) in [5, 5.41) is 3.36. The zero-order valence-corrected chi connectivity index (χ0v) is 15.1. The van der Waals surface area contributed by atoms with E-state index in [1.807, 2.05) is 4.90 Å². The summed E-state index contributed by atoms with van der Waals surface area (Å²) in [6, 6.07) is 0. The molecule has 0 saturated carbocycles. The maximum absolute atomic E-state index is 12.7. The van der Waals surface area contributed by atoms with Gasteiger partial charge in [0.05, 0.1) is 0 Å². The van der Waals surface area contributed by atoms with Crippen molar-refractivity contribution in [3.63, 3.8) is 0 Å². The number of carbonyl (C=O) groups excluding carboxylic acids is 2. The molecule has 3 rings (SSSR count). The first-order chi connectivity index (χ1) is 11.6. The lowest BCUT2D eigenvalue weighted by atomic mass is 9.92. The third-order valence-corrected chi connectivity index (χ3v) is 6.09. The molecule has 3 heterocycles. The van der Waals surface area contributed by atoms with Gasteiger partial charge in [-0.15, -0.1) is 0 Å². The highest BCUT2D eigenvalue weighted by molar-refractivity contribution is 5.80. The monoisotopic (exact) mass is 335 g/mol. The van der Waals surface area contributed by atoms with Crippen molar-refractivity contribution in [2.45, 2.75) is 51.9 Å². The number of piperidine rings is 2. The second-order valence-electron chi connectivity index (χ2n) is 8.08. The predicted octanol–water partition coefficient (Wildman–Crippen LogP) is 1.87. The minimum atomic E-state index is 0.137. The molecule has 3 saturated heterocycles. The maximum atomic E-state index is 12.7. The Morgan fingerprint density at radius 3 is 2.50 bits per heavy atom. The van der Waals surface area contributed by atoms with Gasteiger partial charge in [-0.3, -0.25) is 9.59 Å². The van der Waals surface area contributed by atoms with Crippen molar-refractivity contribution in [1.82, 2.24) is 15.1 Å². The van der Waals surface area contributed by atoms with Gasteiger partial charge in [-0.2, -0.15) is 0 Å². The number of carbonyl (C=O) groups is 2. The van der Waals surface area contributed by atoms with E-state index >= 15 is 0 Å². The van der Waals surface area contributed by atoms with Crippen molar-refractivity contribution < 1.29 is 9.59 Å². The topological polar surface area (TPSA) is 52.7 Å². The minimum Gasteiger partial charge on any atom is -0.343 e. The largest absolute Gasteiger partial charge is 0.343 e. The van der Waals surface area contributed by atoms with Crippen LogP contribution in [0, 0.1) is 17.8 Å². The van der Waals surface area contributed by atoms with Crippen LogP contribution in [0.25, 0.3) is 0 Å². The van der Waals surface area contributed by atoms with Gasteiger partial charge in [-0.1, -0.05) is 6.92 Å².